The van der Waals surface area contributed by atoms with E-state index >= 15 is 0 Å². The van der Waals surface area contributed by atoms with Gasteiger partial charge < -0.3 is 15.0 Å². The second-order valence-corrected chi connectivity index (χ2v) is 6.71. The minimum Gasteiger partial charge on any atom is -0.378 e. The van der Waals surface area contributed by atoms with Crippen molar-refractivity contribution in [2.24, 2.45) is 4.99 Å². The number of aliphatic imine (C=N–C) groups is 1. The van der Waals surface area contributed by atoms with E-state index in [0.717, 1.165) is 30.8 Å². The number of carbonyl (C=O) groups is 1. The molecule has 27 heavy (non-hydrogen) atoms. The van der Waals surface area contributed by atoms with E-state index < -0.39 is 0 Å². The van der Waals surface area contributed by atoms with E-state index in [1.54, 1.807) is 6.07 Å². The fourth-order valence-corrected chi connectivity index (χ4v) is 2.85. The lowest BCUT2D eigenvalue weighted by Gasteiger charge is -2.15. The molecule has 1 saturated heterocycles. The monoisotopic (exact) mass is 366 g/mol. The number of para-hydroxylation sites is 1. The van der Waals surface area contributed by atoms with Crippen LogP contribution in [-0.4, -0.2) is 45.2 Å². The largest absolute Gasteiger partial charge is 0.378 e. The van der Waals surface area contributed by atoms with E-state index in [-0.39, 0.29) is 12.0 Å². The van der Waals surface area contributed by atoms with E-state index in [1.807, 2.05) is 67.5 Å². The number of guanidine groups is 1. The predicted molar refractivity (Wildman–Crippen MR) is 110 cm³/mol. The number of nitrogens with one attached hydrogen (secondary N) is 2. The van der Waals surface area contributed by atoms with Gasteiger partial charge in [0.15, 0.2) is 0 Å². The molecule has 3 rings (SSSR count). The number of amides is 1. The zero-order chi connectivity index (χ0) is 19.1. The van der Waals surface area contributed by atoms with Crippen LogP contribution in [0.15, 0.2) is 59.6 Å². The van der Waals surface area contributed by atoms with Gasteiger partial charge in [0.2, 0.25) is 5.96 Å². The van der Waals surface area contributed by atoms with Gasteiger partial charge in [-0.2, -0.15) is 0 Å². The molecule has 1 fully saturated rings. The number of anilines is 2. The Hall–Kier alpha value is -2.86. The normalized spacial score (nSPS) is 16.8. The third-order valence-electron chi connectivity index (χ3n) is 4.37. The summed E-state index contributed by atoms with van der Waals surface area (Å²) in [5.74, 6) is 0.227. The highest BCUT2D eigenvalue weighted by Gasteiger charge is 2.16. The Labute approximate surface area is 160 Å². The average molecular weight is 366 g/mol. The van der Waals surface area contributed by atoms with Crippen LogP contribution in [0.25, 0.3) is 0 Å². The molecule has 0 aromatic heterocycles. The molecule has 6 heteroatoms. The molecule has 0 spiro atoms. The standard InChI is InChI=1S/C21H26N4O2/c1-25(2)18-11-6-8-16(14-18)20(26)24-21(22-15-19-12-7-13-27-19)23-17-9-4-3-5-10-17/h3-6,8-11,14,19H,7,12-13,15H2,1-2H3,(H2,22,23,24,26). The molecule has 1 atom stereocenters. The van der Waals surface area contributed by atoms with Crippen molar-refractivity contribution in [3.05, 3.63) is 60.2 Å². The lowest BCUT2D eigenvalue weighted by atomic mass is 10.2. The molecule has 2 aromatic rings. The fourth-order valence-electron chi connectivity index (χ4n) is 2.85. The molecule has 1 aliphatic rings. The molecule has 142 valence electrons. The second kappa shape index (κ2) is 9.19. The third-order valence-corrected chi connectivity index (χ3v) is 4.37. The summed E-state index contributed by atoms with van der Waals surface area (Å²) in [4.78, 5) is 19.3. The van der Waals surface area contributed by atoms with Crippen LogP contribution in [-0.2, 0) is 4.74 Å². The lowest BCUT2D eigenvalue weighted by molar-refractivity contribution is 0.0975. The highest BCUT2D eigenvalue weighted by atomic mass is 16.5. The van der Waals surface area contributed by atoms with Crippen molar-refractivity contribution in [1.82, 2.24) is 5.32 Å². The first-order valence-electron chi connectivity index (χ1n) is 9.18. The van der Waals surface area contributed by atoms with Gasteiger partial charge in [-0.15, -0.1) is 0 Å². The molecule has 6 nitrogen and oxygen atoms in total. The predicted octanol–water partition coefficient (Wildman–Crippen LogP) is 3.13. The molecule has 2 N–H and O–H groups in total. The second-order valence-electron chi connectivity index (χ2n) is 6.71. The summed E-state index contributed by atoms with van der Waals surface area (Å²) >= 11 is 0. The Morgan fingerprint density at radius 2 is 2.00 bits per heavy atom. The zero-order valence-electron chi connectivity index (χ0n) is 15.8. The molecule has 0 saturated carbocycles. The van der Waals surface area contributed by atoms with Crippen LogP contribution in [0.1, 0.15) is 23.2 Å². The quantitative estimate of drug-likeness (QED) is 0.630. The Balaban J connectivity index is 1.74. The van der Waals surface area contributed by atoms with Crippen molar-refractivity contribution < 1.29 is 9.53 Å². The van der Waals surface area contributed by atoms with Crippen molar-refractivity contribution in [2.75, 3.05) is 37.5 Å². The summed E-state index contributed by atoms with van der Waals surface area (Å²) in [6.07, 6.45) is 2.18. The van der Waals surface area contributed by atoms with E-state index in [9.17, 15) is 4.79 Å². The van der Waals surface area contributed by atoms with Crippen LogP contribution in [0, 0.1) is 0 Å². The number of hydrogen-bond donors (Lipinski definition) is 2. The van der Waals surface area contributed by atoms with E-state index in [0.29, 0.717) is 18.1 Å². The van der Waals surface area contributed by atoms with Crippen molar-refractivity contribution in [3.63, 3.8) is 0 Å². The first-order chi connectivity index (χ1) is 13.1. The summed E-state index contributed by atoms with van der Waals surface area (Å²) in [5, 5.41) is 6.09. The molecule has 1 heterocycles. The Kier molecular flexibility index (Phi) is 6.44. The van der Waals surface area contributed by atoms with Gasteiger partial charge in [0.25, 0.3) is 5.91 Å². The maximum absolute atomic E-state index is 12.7. The van der Waals surface area contributed by atoms with Gasteiger partial charge in [0.1, 0.15) is 0 Å². The van der Waals surface area contributed by atoms with Crippen LogP contribution in [0.2, 0.25) is 0 Å². The summed E-state index contributed by atoms with van der Waals surface area (Å²) in [7, 11) is 3.89. The molecule has 1 aliphatic heterocycles. The zero-order valence-corrected chi connectivity index (χ0v) is 15.8. The van der Waals surface area contributed by atoms with Gasteiger partial charge in [-0.1, -0.05) is 24.3 Å². The highest BCUT2D eigenvalue weighted by molar-refractivity contribution is 6.10. The Morgan fingerprint density at radius 3 is 2.70 bits per heavy atom. The topological polar surface area (TPSA) is 66.0 Å². The lowest BCUT2D eigenvalue weighted by Crippen LogP contribution is -2.36. The molecular weight excluding hydrogens is 340 g/mol. The molecule has 1 amide bonds. The number of carbonyl (C=O) groups excluding carboxylic acids is 1. The van der Waals surface area contributed by atoms with Gasteiger partial charge in [-0.25, -0.2) is 4.99 Å². The first kappa shape index (κ1) is 18.9. The molecule has 0 bridgehead atoms. The minimum atomic E-state index is -0.201. The van der Waals surface area contributed by atoms with Crippen LogP contribution >= 0.6 is 0 Å². The van der Waals surface area contributed by atoms with Gasteiger partial charge in [-0.3, -0.25) is 10.1 Å². The van der Waals surface area contributed by atoms with E-state index in [1.165, 1.54) is 0 Å². The Morgan fingerprint density at radius 1 is 1.19 bits per heavy atom. The number of ether oxygens (including phenoxy) is 1. The minimum absolute atomic E-state index is 0.117. The average Bonchev–Trinajstić information content (AvgIpc) is 3.20. The number of benzene rings is 2. The Bertz CT molecular complexity index is 784. The van der Waals surface area contributed by atoms with Crippen LogP contribution in [0.5, 0.6) is 0 Å². The van der Waals surface area contributed by atoms with E-state index in [2.05, 4.69) is 15.6 Å². The fraction of sp³-hybridized carbons (Fsp3) is 0.333. The number of hydrogen-bond acceptors (Lipinski definition) is 4. The van der Waals surface area contributed by atoms with Gasteiger partial charge in [0.05, 0.1) is 12.6 Å². The first-order valence-corrected chi connectivity index (χ1v) is 9.18. The smallest absolute Gasteiger partial charge is 0.258 e. The van der Waals surface area contributed by atoms with Crippen LogP contribution in [0.3, 0.4) is 0 Å². The summed E-state index contributed by atoms with van der Waals surface area (Å²) < 4.78 is 5.63. The number of rotatable bonds is 5. The van der Waals surface area contributed by atoms with Crippen molar-refractivity contribution >= 4 is 23.2 Å². The summed E-state index contributed by atoms with van der Waals surface area (Å²) in [6, 6.07) is 17.2. The summed E-state index contributed by atoms with van der Waals surface area (Å²) in [5.41, 5.74) is 2.42. The molecule has 2 aromatic carbocycles. The summed E-state index contributed by atoms with van der Waals surface area (Å²) in [6.45, 7) is 1.30. The maximum Gasteiger partial charge on any atom is 0.258 e. The maximum atomic E-state index is 12.7. The molecule has 0 aliphatic carbocycles. The molecule has 0 radical (unpaired) electrons. The van der Waals surface area contributed by atoms with Crippen LogP contribution in [0.4, 0.5) is 11.4 Å². The van der Waals surface area contributed by atoms with Crippen molar-refractivity contribution in [3.8, 4) is 0 Å². The van der Waals surface area contributed by atoms with Crippen LogP contribution < -0.4 is 15.5 Å². The number of nitrogens with zero attached hydrogens (tertiary/aromatic N) is 2. The van der Waals surface area contributed by atoms with Crippen molar-refractivity contribution in [2.45, 2.75) is 18.9 Å². The SMILES string of the molecule is CN(C)c1cccc(C(=O)NC(=NCC2CCCO2)Nc2ccccc2)c1. The highest BCUT2D eigenvalue weighted by Crippen LogP contribution is 2.14. The third kappa shape index (κ3) is 5.56. The van der Waals surface area contributed by atoms with Gasteiger partial charge in [0, 0.05) is 37.6 Å². The van der Waals surface area contributed by atoms with Gasteiger partial charge in [-0.05, 0) is 43.2 Å². The molecule has 1 unspecified atom stereocenters. The van der Waals surface area contributed by atoms with E-state index in [4.69, 9.17) is 4.74 Å². The molecular formula is C21H26N4O2. The van der Waals surface area contributed by atoms with Crippen molar-refractivity contribution in [1.29, 1.82) is 0 Å². The van der Waals surface area contributed by atoms with Gasteiger partial charge >= 0.3 is 0 Å².